The molecule has 43 heavy (non-hydrogen) atoms. The minimum Gasteiger partial charge on any atom is -0.476 e. The Bertz CT molecular complexity index is 1590. The second-order valence-electron chi connectivity index (χ2n) is 10.1. The van der Waals surface area contributed by atoms with Crippen molar-refractivity contribution in [3.8, 4) is 5.88 Å². The van der Waals surface area contributed by atoms with Crippen molar-refractivity contribution in [2.75, 3.05) is 32.8 Å². The van der Waals surface area contributed by atoms with Crippen LogP contribution in [-0.2, 0) is 4.79 Å². The number of hydrogen-bond acceptors (Lipinski definition) is 5. The molecule has 7 nitrogen and oxygen atoms in total. The van der Waals surface area contributed by atoms with Gasteiger partial charge in [0.25, 0.3) is 0 Å². The third-order valence-electron chi connectivity index (χ3n) is 7.02. The Morgan fingerprint density at radius 3 is 2.44 bits per heavy atom. The number of fused-ring (bicyclic) bond motifs is 1. The molecule has 2 aromatic carbocycles. The fourth-order valence-corrected chi connectivity index (χ4v) is 5.01. The van der Waals surface area contributed by atoms with Gasteiger partial charge >= 0.3 is 6.18 Å². The molecule has 0 bridgehead atoms. The van der Waals surface area contributed by atoms with Crippen LogP contribution < -0.4 is 10.1 Å². The number of hydrogen-bond donors (Lipinski definition) is 1. The fourth-order valence-electron chi connectivity index (χ4n) is 5.01. The summed E-state index contributed by atoms with van der Waals surface area (Å²) in [4.78, 5) is 18.2. The van der Waals surface area contributed by atoms with Crippen LogP contribution in [0.15, 0.2) is 85.1 Å². The number of carbonyl (C=O) groups excluding carboxylic acids is 1. The number of likely N-dealkylation sites (tertiary alicyclic amines) is 1. The number of rotatable bonds is 11. The largest absolute Gasteiger partial charge is 0.476 e. The molecular weight excluding hydrogens is 562 g/mol. The lowest BCUT2D eigenvalue weighted by atomic mass is 9.97. The molecule has 2 aromatic heterocycles. The van der Waals surface area contributed by atoms with E-state index in [-0.39, 0.29) is 35.1 Å². The second-order valence-corrected chi connectivity index (χ2v) is 10.1. The molecule has 3 heterocycles. The van der Waals surface area contributed by atoms with E-state index in [0.717, 1.165) is 25.9 Å². The molecule has 1 amide bonds. The lowest BCUT2D eigenvalue weighted by Gasteiger charge is -2.19. The maximum Gasteiger partial charge on any atom is 0.393 e. The molecule has 5 rings (SSSR count). The number of para-hydroxylation sites is 1. The minimum atomic E-state index is -4.54. The first-order valence-corrected chi connectivity index (χ1v) is 14.0. The summed E-state index contributed by atoms with van der Waals surface area (Å²) in [7, 11) is 0. The Morgan fingerprint density at radius 1 is 0.977 bits per heavy atom. The number of ether oxygens (including phenoxy) is 1. The number of benzene rings is 2. The molecule has 224 valence electrons. The zero-order chi connectivity index (χ0) is 30.2. The highest BCUT2D eigenvalue weighted by Gasteiger charge is 2.32. The molecule has 11 heteroatoms. The highest BCUT2D eigenvalue weighted by Crippen LogP contribution is 2.38. The van der Waals surface area contributed by atoms with Gasteiger partial charge in [-0.15, -0.1) is 5.10 Å². The zero-order valence-electron chi connectivity index (χ0n) is 23.4. The molecule has 1 aliphatic rings. The van der Waals surface area contributed by atoms with E-state index < -0.39 is 18.5 Å². The molecule has 0 saturated carbocycles. The zero-order valence-corrected chi connectivity index (χ0v) is 23.4. The lowest BCUT2D eigenvalue weighted by molar-refractivity contribution is -0.125. The maximum absolute atomic E-state index is 14.9. The highest BCUT2D eigenvalue weighted by atomic mass is 19.4. The molecule has 0 radical (unpaired) electrons. The van der Waals surface area contributed by atoms with E-state index in [1.165, 1.54) is 16.9 Å². The van der Waals surface area contributed by atoms with E-state index in [0.29, 0.717) is 29.7 Å². The summed E-state index contributed by atoms with van der Waals surface area (Å²) in [6.07, 6.45) is 1.03. The van der Waals surface area contributed by atoms with Gasteiger partial charge < -0.3 is 15.0 Å². The van der Waals surface area contributed by atoms with Crippen LogP contribution in [0.3, 0.4) is 0 Å². The van der Waals surface area contributed by atoms with Crippen molar-refractivity contribution in [3.63, 3.8) is 0 Å². The average Bonchev–Trinajstić information content (AvgIpc) is 3.66. The second kappa shape index (κ2) is 13.6. The smallest absolute Gasteiger partial charge is 0.393 e. The molecule has 0 unspecified atom stereocenters. The van der Waals surface area contributed by atoms with Crippen LogP contribution >= 0.6 is 0 Å². The fraction of sp³-hybridized carbons (Fsp3) is 0.281. The summed E-state index contributed by atoms with van der Waals surface area (Å²) in [6, 6.07) is 17.8. The Hall–Kier alpha value is -4.51. The van der Waals surface area contributed by atoms with Gasteiger partial charge in [0.05, 0.1) is 23.0 Å². The molecule has 4 aromatic rings. The molecule has 1 fully saturated rings. The molecular formula is C32H31F4N5O2. The number of nitrogens with one attached hydrogen (secondary N) is 1. The quantitative estimate of drug-likeness (QED) is 0.130. The van der Waals surface area contributed by atoms with Crippen LogP contribution in [0.5, 0.6) is 5.88 Å². The first-order valence-electron chi connectivity index (χ1n) is 14.0. The van der Waals surface area contributed by atoms with E-state index in [2.05, 4.69) is 15.4 Å². The van der Waals surface area contributed by atoms with Gasteiger partial charge in [-0.25, -0.2) is 9.67 Å². The number of nitrogens with zero attached hydrogens (tertiary/aromatic N) is 4. The average molecular weight is 594 g/mol. The summed E-state index contributed by atoms with van der Waals surface area (Å²) in [5.41, 5.74) is 0.970. The Morgan fingerprint density at radius 2 is 1.72 bits per heavy atom. The third-order valence-corrected chi connectivity index (χ3v) is 7.02. The Kier molecular flexibility index (Phi) is 9.51. The van der Waals surface area contributed by atoms with Crippen LogP contribution in [0.25, 0.3) is 22.2 Å². The van der Waals surface area contributed by atoms with Gasteiger partial charge in [-0.2, -0.15) is 17.6 Å². The van der Waals surface area contributed by atoms with Crippen molar-refractivity contribution in [2.45, 2.75) is 25.4 Å². The molecule has 0 spiro atoms. The number of allylic oxidation sites excluding steroid dienone is 1. The molecule has 1 aliphatic heterocycles. The Balaban J connectivity index is 1.35. The Labute approximate surface area is 246 Å². The van der Waals surface area contributed by atoms with Crippen molar-refractivity contribution >= 4 is 28.1 Å². The number of aromatic nitrogens is 3. The van der Waals surface area contributed by atoms with Crippen molar-refractivity contribution in [3.05, 3.63) is 102 Å². The molecule has 0 atom stereocenters. The number of amides is 1. The van der Waals surface area contributed by atoms with E-state index in [1.807, 2.05) is 4.90 Å². The summed E-state index contributed by atoms with van der Waals surface area (Å²) >= 11 is 0. The lowest BCUT2D eigenvalue weighted by Crippen LogP contribution is -2.26. The van der Waals surface area contributed by atoms with Crippen molar-refractivity contribution < 1.29 is 27.1 Å². The topological polar surface area (TPSA) is 72.3 Å². The molecule has 0 aliphatic carbocycles. The van der Waals surface area contributed by atoms with Gasteiger partial charge in [0.15, 0.2) is 0 Å². The van der Waals surface area contributed by atoms with Crippen LogP contribution in [0.2, 0.25) is 0 Å². The monoisotopic (exact) mass is 593 g/mol. The third kappa shape index (κ3) is 7.66. The van der Waals surface area contributed by atoms with Crippen molar-refractivity contribution in [1.29, 1.82) is 0 Å². The van der Waals surface area contributed by atoms with Crippen LogP contribution in [-0.4, -0.2) is 64.5 Å². The van der Waals surface area contributed by atoms with Crippen LogP contribution in [0.1, 0.15) is 30.4 Å². The van der Waals surface area contributed by atoms with Gasteiger partial charge in [-0.1, -0.05) is 48.5 Å². The van der Waals surface area contributed by atoms with E-state index in [4.69, 9.17) is 4.74 Å². The number of pyridine rings is 1. The van der Waals surface area contributed by atoms with Gasteiger partial charge in [0.2, 0.25) is 17.7 Å². The first kappa shape index (κ1) is 30.0. The van der Waals surface area contributed by atoms with E-state index in [9.17, 15) is 22.4 Å². The summed E-state index contributed by atoms with van der Waals surface area (Å²) in [6.45, 7) is 2.87. The van der Waals surface area contributed by atoms with Gasteiger partial charge in [-0.05, 0) is 42.2 Å². The standard InChI is InChI=1S/C32H31F4N5O2/c33-31-25-11-4-5-12-27(25)41(39-31)30(26(21-32(34,35)36)23-9-2-1-3-10-23)24-14-15-28(38-22-24)43-20-17-37-16-8-13-29(42)40-18-6-7-19-40/h1-5,8-15,22,37H,6-7,16-21H2/b13-8+,30-26-. The number of halogens is 4. The van der Waals surface area contributed by atoms with Gasteiger partial charge in [0, 0.05) is 50.1 Å². The van der Waals surface area contributed by atoms with E-state index >= 15 is 0 Å². The normalized spacial score (nSPS) is 14.5. The van der Waals surface area contributed by atoms with Gasteiger partial charge in [0.1, 0.15) is 6.61 Å². The minimum absolute atomic E-state index is 0.0183. The van der Waals surface area contributed by atoms with E-state index in [1.54, 1.807) is 72.8 Å². The summed E-state index contributed by atoms with van der Waals surface area (Å²) in [5.74, 6) is -0.494. The van der Waals surface area contributed by atoms with Crippen LogP contribution in [0, 0.1) is 5.95 Å². The van der Waals surface area contributed by atoms with Gasteiger partial charge in [-0.3, -0.25) is 4.79 Å². The maximum atomic E-state index is 14.9. The molecule has 1 N–H and O–H groups in total. The highest BCUT2D eigenvalue weighted by molar-refractivity contribution is 5.95. The predicted octanol–water partition coefficient (Wildman–Crippen LogP) is 6.09. The summed E-state index contributed by atoms with van der Waals surface area (Å²) in [5, 5.41) is 7.36. The predicted molar refractivity (Wildman–Crippen MR) is 157 cm³/mol. The van der Waals surface area contributed by atoms with Crippen molar-refractivity contribution in [2.24, 2.45) is 0 Å². The summed E-state index contributed by atoms with van der Waals surface area (Å²) < 4.78 is 63.6. The molecule has 1 saturated heterocycles. The van der Waals surface area contributed by atoms with Crippen LogP contribution in [0.4, 0.5) is 17.6 Å². The first-order chi connectivity index (χ1) is 20.8. The SMILES string of the molecule is O=C(/C=C/CNCCOc1ccc(/C(=C(\CC(F)(F)F)c2ccccc2)n2nc(F)c3ccccc32)cn1)N1CCCC1. The number of carbonyl (C=O) groups is 1. The number of alkyl halides is 3. The van der Waals surface area contributed by atoms with Crippen molar-refractivity contribution in [1.82, 2.24) is 25.0 Å².